The van der Waals surface area contributed by atoms with Crippen LogP contribution in [-0.2, 0) is 6.54 Å². The van der Waals surface area contributed by atoms with Gasteiger partial charge in [0.25, 0.3) is 0 Å². The van der Waals surface area contributed by atoms with Crippen LogP contribution in [0.3, 0.4) is 0 Å². The lowest BCUT2D eigenvalue weighted by molar-refractivity contribution is 0.479. The minimum Gasteiger partial charge on any atom is -0.444 e. The Kier molecular flexibility index (Phi) is 2.76. The molecule has 1 N–H and O–H groups in total. The van der Waals surface area contributed by atoms with E-state index in [0.29, 0.717) is 12.4 Å². The molecule has 0 bridgehead atoms. The van der Waals surface area contributed by atoms with Gasteiger partial charge in [0.15, 0.2) is 5.13 Å². The fourth-order valence-corrected chi connectivity index (χ4v) is 2.59. The normalized spacial score (nSPS) is 11.0. The van der Waals surface area contributed by atoms with E-state index in [9.17, 15) is 0 Å². The molecular formula is C13H13N3OS. The maximum absolute atomic E-state index is 5.40. The van der Waals surface area contributed by atoms with E-state index in [1.807, 2.05) is 6.92 Å². The average molecular weight is 259 g/mol. The predicted octanol–water partition coefficient (Wildman–Crippen LogP) is 3.51. The molecule has 0 radical (unpaired) electrons. The van der Waals surface area contributed by atoms with E-state index in [2.05, 4.69) is 40.4 Å². The van der Waals surface area contributed by atoms with Crippen LogP contribution in [0.5, 0.6) is 0 Å². The standard InChI is InChI=1S/C13H13N3OS/c1-8-3-4-11-10(5-8)16-13(18-11)15-7-12-14-6-9(2)17-12/h3-6H,7H2,1-2H3,(H,15,16). The zero-order valence-corrected chi connectivity index (χ0v) is 11.0. The summed E-state index contributed by atoms with van der Waals surface area (Å²) in [4.78, 5) is 8.68. The van der Waals surface area contributed by atoms with Crippen molar-refractivity contribution in [3.05, 3.63) is 41.6 Å². The number of nitrogens with one attached hydrogen (secondary N) is 1. The van der Waals surface area contributed by atoms with Gasteiger partial charge in [0.1, 0.15) is 5.76 Å². The van der Waals surface area contributed by atoms with Crippen LogP contribution in [0.2, 0.25) is 0 Å². The van der Waals surface area contributed by atoms with Crippen LogP contribution in [0.15, 0.2) is 28.8 Å². The van der Waals surface area contributed by atoms with Gasteiger partial charge in [0.05, 0.1) is 23.0 Å². The van der Waals surface area contributed by atoms with Crippen molar-refractivity contribution in [3.8, 4) is 0 Å². The Morgan fingerprint density at radius 2 is 2.22 bits per heavy atom. The summed E-state index contributed by atoms with van der Waals surface area (Å²) in [5.74, 6) is 1.51. The van der Waals surface area contributed by atoms with Gasteiger partial charge in [-0.3, -0.25) is 0 Å². The van der Waals surface area contributed by atoms with Crippen molar-refractivity contribution in [2.24, 2.45) is 0 Å². The first-order valence-electron chi connectivity index (χ1n) is 5.73. The summed E-state index contributed by atoms with van der Waals surface area (Å²) in [5.41, 5.74) is 2.26. The Labute approximate surface area is 109 Å². The van der Waals surface area contributed by atoms with E-state index >= 15 is 0 Å². The second-order valence-electron chi connectivity index (χ2n) is 4.21. The fraction of sp³-hybridized carbons (Fsp3) is 0.231. The van der Waals surface area contributed by atoms with Gasteiger partial charge in [-0.05, 0) is 31.5 Å². The molecule has 2 heterocycles. The Balaban J connectivity index is 1.78. The molecule has 0 aliphatic heterocycles. The largest absolute Gasteiger partial charge is 0.444 e. The maximum atomic E-state index is 5.40. The van der Waals surface area contributed by atoms with Crippen molar-refractivity contribution in [3.63, 3.8) is 0 Å². The third kappa shape index (κ3) is 2.22. The van der Waals surface area contributed by atoms with Gasteiger partial charge in [-0.2, -0.15) is 0 Å². The zero-order valence-electron chi connectivity index (χ0n) is 10.2. The molecule has 0 saturated heterocycles. The third-order valence-electron chi connectivity index (χ3n) is 2.60. The number of aromatic nitrogens is 2. The fourth-order valence-electron chi connectivity index (χ4n) is 1.75. The summed E-state index contributed by atoms with van der Waals surface area (Å²) >= 11 is 1.64. The van der Waals surface area contributed by atoms with Crippen LogP contribution in [0, 0.1) is 13.8 Å². The van der Waals surface area contributed by atoms with Crippen LogP contribution in [-0.4, -0.2) is 9.97 Å². The number of rotatable bonds is 3. The van der Waals surface area contributed by atoms with Crippen molar-refractivity contribution >= 4 is 26.7 Å². The summed E-state index contributed by atoms with van der Waals surface area (Å²) in [6.07, 6.45) is 1.72. The van der Waals surface area contributed by atoms with E-state index in [4.69, 9.17) is 4.42 Å². The highest BCUT2D eigenvalue weighted by atomic mass is 32.1. The Bertz CT molecular complexity index is 686. The van der Waals surface area contributed by atoms with Gasteiger partial charge in [-0.25, -0.2) is 9.97 Å². The van der Waals surface area contributed by atoms with Crippen LogP contribution in [0.4, 0.5) is 5.13 Å². The number of fused-ring (bicyclic) bond motifs is 1. The number of oxazole rings is 1. The molecule has 0 aliphatic carbocycles. The monoisotopic (exact) mass is 259 g/mol. The Hall–Kier alpha value is -1.88. The van der Waals surface area contributed by atoms with Crippen molar-refractivity contribution in [1.82, 2.24) is 9.97 Å². The molecule has 0 atom stereocenters. The minimum atomic E-state index is 0.562. The lowest BCUT2D eigenvalue weighted by Crippen LogP contribution is -1.98. The summed E-state index contributed by atoms with van der Waals surface area (Å²) in [7, 11) is 0. The molecular weight excluding hydrogens is 246 g/mol. The molecule has 0 spiro atoms. The number of thiazole rings is 1. The van der Waals surface area contributed by atoms with E-state index in [1.54, 1.807) is 17.5 Å². The van der Waals surface area contributed by atoms with Crippen LogP contribution < -0.4 is 5.32 Å². The molecule has 0 aliphatic rings. The Morgan fingerprint density at radius 3 is 3.00 bits per heavy atom. The third-order valence-corrected chi connectivity index (χ3v) is 3.60. The second-order valence-corrected chi connectivity index (χ2v) is 5.24. The number of aryl methyl sites for hydroxylation is 2. The molecule has 0 saturated carbocycles. The SMILES string of the molecule is Cc1ccc2sc(NCc3ncc(C)o3)nc2c1. The van der Waals surface area contributed by atoms with Gasteiger partial charge in [-0.15, -0.1) is 0 Å². The molecule has 0 fully saturated rings. The molecule has 0 amide bonds. The highest BCUT2D eigenvalue weighted by Gasteiger charge is 2.05. The van der Waals surface area contributed by atoms with E-state index < -0.39 is 0 Å². The van der Waals surface area contributed by atoms with Crippen LogP contribution in [0.1, 0.15) is 17.2 Å². The van der Waals surface area contributed by atoms with Crippen molar-refractivity contribution in [1.29, 1.82) is 0 Å². The van der Waals surface area contributed by atoms with E-state index in [-0.39, 0.29) is 0 Å². The molecule has 3 aromatic rings. The number of hydrogen-bond acceptors (Lipinski definition) is 5. The van der Waals surface area contributed by atoms with Gasteiger partial charge in [0, 0.05) is 0 Å². The number of benzene rings is 1. The van der Waals surface area contributed by atoms with Gasteiger partial charge >= 0.3 is 0 Å². The zero-order chi connectivity index (χ0) is 12.5. The van der Waals surface area contributed by atoms with Crippen LogP contribution >= 0.6 is 11.3 Å². The maximum Gasteiger partial charge on any atom is 0.213 e. The van der Waals surface area contributed by atoms with Crippen LogP contribution in [0.25, 0.3) is 10.2 Å². The highest BCUT2D eigenvalue weighted by molar-refractivity contribution is 7.22. The van der Waals surface area contributed by atoms with Gasteiger partial charge in [0.2, 0.25) is 5.89 Å². The molecule has 5 heteroatoms. The second kappa shape index (κ2) is 4.42. The number of nitrogens with zero attached hydrogens (tertiary/aromatic N) is 2. The first-order valence-corrected chi connectivity index (χ1v) is 6.55. The quantitative estimate of drug-likeness (QED) is 0.782. The summed E-state index contributed by atoms with van der Waals surface area (Å²) in [5, 5.41) is 4.13. The van der Waals surface area contributed by atoms with Gasteiger partial charge < -0.3 is 9.73 Å². The molecule has 1 aromatic carbocycles. The van der Waals surface area contributed by atoms with Gasteiger partial charge in [-0.1, -0.05) is 17.4 Å². The summed E-state index contributed by atoms with van der Waals surface area (Å²) in [6.45, 7) is 4.52. The topological polar surface area (TPSA) is 51.0 Å². The van der Waals surface area contributed by atoms with Crippen molar-refractivity contribution in [2.75, 3.05) is 5.32 Å². The first-order chi connectivity index (χ1) is 8.70. The van der Waals surface area contributed by atoms with E-state index in [1.165, 1.54) is 10.3 Å². The average Bonchev–Trinajstić information content (AvgIpc) is 2.92. The molecule has 4 nitrogen and oxygen atoms in total. The number of hydrogen-bond donors (Lipinski definition) is 1. The molecule has 2 aromatic heterocycles. The minimum absolute atomic E-state index is 0.562. The molecule has 3 rings (SSSR count). The molecule has 18 heavy (non-hydrogen) atoms. The highest BCUT2D eigenvalue weighted by Crippen LogP contribution is 2.26. The summed E-state index contributed by atoms with van der Waals surface area (Å²) < 4.78 is 6.59. The predicted molar refractivity (Wildman–Crippen MR) is 72.9 cm³/mol. The lowest BCUT2D eigenvalue weighted by Gasteiger charge is -1.96. The van der Waals surface area contributed by atoms with E-state index in [0.717, 1.165) is 16.4 Å². The molecule has 0 unspecified atom stereocenters. The molecule has 92 valence electrons. The lowest BCUT2D eigenvalue weighted by atomic mass is 10.2. The number of anilines is 1. The first kappa shape index (κ1) is 11.2. The smallest absolute Gasteiger partial charge is 0.213 e. The summed E-state index contributed by atoms with van der Waals surface area (Å²) in [6, 6.07) is 6.29. The Morgan fingerprint density at radius 1 is 1.33 bits per heavy atom. The van der Waals surface area contributed by atoms with Crippen molar-refractivity contribution < 1.29 is 4.42 Å². The van der Waals surface area contributed by atoms with Crippen molar-refractivity contribution in [2.45, 2.75) is 20.4 Å².